The molecule has 0 fully saturated rings. The normalized spacial score (nSPS) is 10.2. The lowest BCUT2D eigenvalue weighted by Gasteiger charge is -2.05. The Morgan fingerprint density at radius 2 is 1.89 bits per heavy atom. The number of aromatic amines is 1. The number of hydrogen-bond donors (Lipinski definition) is 3. The minimum absolute atomic E-state index is 0.112. The third-order valence-corrected chi connectivity index (χ3v) is 2.73. The molecular formula is C14H15N3O2. The molecule has 0 bridgehead atoms. The molecule has 1 amide bonds. The van der Waals surface area contributed by atoms with Gasteiger partial charge >= 0.3 is 0 Å². The van der Waals surface area contributed by atoms with Gasteiger partial charge in [-0.15, -0.1) is 0 Å². The first-order valence-electron chi connectivity index (χ1n) is 5.89. The minimum Gasteiger partial charge on any atom is -0.399 e. The van der Waals surface area contributed by atoms with E-state index in [1.807, 2.05) is 12.1 Å². The van der Waals surface area contributed by atoms with Gasteiger partial charge in [-0.05, 0) is 36.8 Å². The van der Waals surface area contributed by atoms with Crippen molar-refractivity contribution < 1.29 is 4.79 Å². The van der Waals surface area contributed by atoms with E-state index in [4.69, 9.17) is 5.73 Å². The Morgan fingerprint density at radius 1 is 1.21 bits per heavy atom. The number of carbonyl (C=O) groups excluding carboxylic acids is 1. The standard InChI is InChI=1S/C14H15N3O2/c1-9-2-7-12(14(19)17-9)13(18)16-8-10-3-5-11(15)6-4-10/h2-7H,8,15H2,1H3,(H,16,18)(H,17,19). The average molecular weight is 257 g/mol. The number of carbonyl (C=O) groups is 1. The number of H-pyrrole nitrogens is 1. The van der Waals surface area contributed by atoms with E-state index in [2.05, 4.69) is 10.3 Å². The van der Waals surface area contributed by atoms with Gasteiger partial charge < -0.3 is 16.0 Å². The Labute approximate surface area is 110 Å². The van der Waals surface area contributed by atoms with Gasteiger partial charge in [-0.2, -0.15) is 0 Å². The quantitative estimate of drug-likeness (QED) is 0.722. The number of nitrogens with one attached hydrogen (secondary N) is 2. The highest BCUT2D eigenvalue weighted by Crippen LogP contribution is 2.05. The fourth-order valence-electron chi connectivity index (χ4n) is 1.66. The topological polar surface area (TPSA) is 88.0 Å². The first kappa shape index (κ1) is 12.9. The summed E-state index contributed by atoms with van der Waals surface area (Å²) in [5.41, 5.74) is 7.62. The highest BCUT2D eigenvalue weighted by atomic mass is 16.2. The first-order chi connectivity index (χ1) is 9.06. The van der Waals surface area contributed by atoms with Crippen LogP contribution in [0.3, 0.4) is 0 Å². The second kappa shape index (κ2) is 5.39. The molecule has 0 saturated carbocycles. The number of nitrogens with two attached hydrogens (primary N) is 1. The molecule has 5 heteroatoms. The van der Waals surface area contributed by atoms with E-state index in [1.165, 1.54) is 6.07 Å². The molecule has 2 rings (SSSR count). The number of nitrogen functional groups attached to an aromatic ring is 1. The number of amides is 1. The minimum atomic E-state index is -0.391. The highest BCUT2D eigenvalue weighted by Gasteiger charge is 2.09. The van der Waals surface area contributed by atoms with Gasteiger partial charge in [0.15, 0.2) is 0 Å². The molecule has 5 nitrogen and oxygen atoms in total. The predicted octanol–water partition coefficient (Wildman–Crippen LogP) is 1.20. The summed E-state index contributed by atoms with van der Waals surface area (Å²) < 4.78 is 0. The summed E-state index contributed by atoms with van der Waals surface area (Å²) in [5.74, 6) is -0.391. The number of pyridine rings is 1. The number of aryl methyl sites for hydroxylation is 1. The third kappa shape index (κ3) is 3.22. The second-order valence-electron chi connectivity index (χ2n) is 4.31. The van der Waals surface area contributed by atoms with Crippen LogP contribution in [0.2, 0.25) is 0 Å². The lowest BCUT2D eigenvalue weighted by molar-refractivity contribution is 0.0949. The monoisotopic (exact) mass is 257 g/mol. The molecule has 2 aromatic rings. The van der Waals surface area contributed by atoms with Crippen LogP contribution in [0, 0.1) is 6.92 Å². The average Bonchev–Trinajstić information content (AvgIpc) is 2.37. The third-order valence-electron chi connectivity index (χ3n) is 2.73. The maximum absolute atomic E-state index is 11.9. The van der Waals surface area contributed by atoms with Crippen molar-refractivity contribution in [2.45, 2.75) is 13.5 Å². The molecule has 0 spiro atoms. The van der Waals surface area contributed by atoms with Crippen molar-refractivity contribution in [1.82, 2.24) is 10.3 Å². The molecule has 0 unspecified atom stereocenters. The van der Waals surface area contributed by atoms with Crippen molar-refractivity contribution in [2.24, 2.45) is 0 Å². The van der Waals surface area contributed by atoms with Crippen LogP contribution in [-0.2, 0) is 6.54 Å². The van der Waals surface area contributed by atoms with Crippen LogP contribution in [0.5, 0.6) is 0 Å². The smallest absolute Gasteiger partial charge is 0.260 e. The van der Waals surface area contributed by atoms with Crippen molar-refractivity contribution in [3.05, 3.63) is 63.6 Å². The maximum Gasteiger partial charge on any atom is 0.260 e. The van der Waals surface area contributed by atoms with Gasteiger partial charge in [0.05, 0.1) is 0 Å². The summed E-state index contributed by atoms with van der Waals surface area (Å²) in [4.78, 5) is 26.1. The Hall–Kier alpha value is -2.56. The molecule has 0 saturated heterocycles. The van der Waals surface area contributed by atoms with Crippen molar-refractivity contribution >= 4 is 11.6 Å². The van der Waals surface area contributed by atoms with Crippen LogP contribution >= 0.6 is 0 Å². The SMILES string of the molecule is Cc1ccc(C(=O)NCc2ccc(N)cc2)c(=O)[nH]1. The summed E-state index contributed by atoms with van der Waals surface area (Å²) in [5, 5.41) is 2.70. The number of benzene rings is 1. The van der Waals surface area contributed by atoms with Crippen LogP contribution in [0.1, 0.15) is 21.6 Å². The van der Waals surface area contributed by atoms with E-state index >= 15 is 0 Å². The van der Waals surface area contributed by atoms with Crippen LogP contribution < -0.4 is 16.6 Å². The van der Waals surface area contributed by atoms with Gasteiger partial charge in [-0.1, -0.05) is 12.1 Å². The van der Waals surface area contributed by atoms with Gasteiger partial charge in [0, 0.05) is 17.9 Å². The fraction of sp³-hybridized carbons (Fsp3) is 0.143. The molecule has 0 aliphatic rings. The van der Waals surface area contributed by atoms with Crippen LogP contribution in [0.4, 0.5) is 5.69 Å². The zero-order chi connectivity index (χ0) is 13.8. The predicted molar refractivity (Wildman–Crippen MR) is 73.8 cm³/mol. The lowest BCUT2D eigenvalue weighted by atomic mass is 10.2. The molecule has 98 valence electrons. The largest absolute Gasteiger partial charge is 0.399 e. The van der Waals surface area contributed by atoms with Crippen LogP contribution in [-0.4, -0.2) is 10.9 Å². The summed E-state index contributed by atoms with van der Waals surface area (Å²) >= 11 is 0. The molecule has 0 atom stereocenters. The van der Waals surface area contributed by atoms with E-state index in [1.54, 1.807) is 25.1 Å². The van der Waals surface area contributed by atoms with Gasteiger partial charge in [0.25, 0.3) is 11.5 Å². The number of rotatable bonds is 3. The lowest BCUT2D eigenvalue weighted by Crippen LogP contribution is -2.29. The summed E-state index contributed by atoms with van der Waals surface area (Å²) in [6.07, 6.45) is 0. The molecule has 4 N–H and O–H groups in total. The van der Waals surface area contributed by atoms with E-state index in [9.17, 15) is 9.59 Å². The Balaban J connectivity index is 2.05. The number of anilines is 1. The Kier molecular flexibility index (Phi) is 3.66. The number of hydrogen-bond acceptors (Lipinski definition) is 3. The Bertz CT molecular complexity index is 644. The summed E-state index contributed by atoms with van der Waals surface area (Å²) in [6, 6.07) is 10.4. The first-order valence-corrected chi connectivity index (χ1v) is 5.89. The van der Waals surface area contributed by atoms with Gasteiger partial charge in [-0.25, -0.2) is 0 Å². The van der Waals surface area contributed by atoms with Gasteiger partial charge in [0.1, 0.15) is 5.56 Å². The van der Waals surface area contributed by atoms with Gasteiger partial charge in [-0.3, -0.25) is 9.59 Å². The van der Waals surface area contributed by atoms with E-state index in [-0.39, 0.29) is 11.1 Å². The highest BCUT2D eigenvalue weighted by molar-refractivity contribution is 5.93. The maximum atomic E-state index is 11.9. The molecule has 19 heavy (non-hydrogen) atoms. The van der Waals surface area contributed by atoms with Crippen LogP contribution in [0.15, 0.2) is 41.2 Å². The zero-order valence-electron chi connectivity index (χ0n) is 10.6. The van der Waals surface area contributed by atoms with Crippen molar-refractivity contribution in [1.29, 1.82) is 0 Å². The molecular weight excluding hydrogens is 242 g/mol. The van der Waals surface area contributed by atoms with Crippen molar-refractivity contribution in [3.63, 3.8) is 0 Å². The van der Waals surface area contributed by atoms with E-state index < -0.39 is 5.91 Å². The molecule has 1 heterocycles. The fourth-order valence-corrected chi connectivity index (χ4v) is 1.66. The van der Waals surface area contributed by atoms with Crippen LogP contribution in [0.25, 0.3) is 0 Å². The van der Waals surface area contributed by atoms with E-state index in [0.29, 0.717) is 12.2 Å². The molecule has 1 aromatic heterocycles. The van der Waals surface area contributed by atoms with Gasteiger partial charge in [0.2, 0.25) is 0 Å². The summed E-state index contributed by atoms with van der Waals surface area (Å²) in [6.45, 7) is 2.11. The molecule has 0 radical (unpaired) electrons. The van der Waals surface area contributed by atoms with Crippen molar-refractivity contribution in [3.8, 4) is 0 Å². The summed E-state index contributed by atoms with van der Waals surface area (Å²) in [7, 11) is 0. The zero-order valence-corrected chi connectivity index (χ0v) is 10.6. The van der Waals surface area contributed by atoms with Crippen molar-refractivity contribution in [2.75, 3.05) is 5.73 Å². The molecule has 0 aliphatic carbocycles. The molecule has 1 aromatic carbocycles. The van der Waals surface area contributed by atoms with E-state index in [0.717, 1.165) is 11.3 Å². The second-order valence-corrected chi connectivity index (χ2v) is 4.31. The molecule has 0 aliphatic heterocycles. The number of aromatic nitrogens is 1. The Morgan fingerprint density at radius 3 is 2.53 bits per heavy atom.